The molecule has 0 bridgehead atoms. The second-order valence-electron chi connectivity index (χ2n) is 4.58. The summed E-state index contributed by atoms with van der Waals surface area (Å²) in [7, 11) is 0. The summed E-state index contributed by atoms with van der Waals surface area (Å²) in [6.07, 6.45) is 3.34. The van der Waals surface area contributed by atoms with Gasteiger partial charge in [-0.25, -0.2) is 4.79 Å². The third-order valence-corrected chi connectivity index (χ3v) is 4.52. The maximum Gasteiger partial charge on any atom is 0.315 e. The Balaban J connectivity index is 1.65. The molecule has 4 nitrogen and oxygen atoms in total. The van der Waals surface area contributed by atoms with Crippen LogP contribution in [0, 0.1) is 0 Å². The van der Waals surface area contributed by atoms with E-state index < -0.39 is 0 Å². The zero-order chi connectivity index (χ0) is 14.4. The van der Waals surface area contributed by atoms with E-state index in [1.54, 1.807) is 17.6 Å². The van der Waals surface area contributed by atoms with Crippen molar-refractivity contribution in [2.75, 3.05) is 0 Å². The average Bonchev–Trinajstić information content (AvgIpc) is 3.05. The molecule has 6 heteroatoms. The molecular formula is C14H17BrN2O2S. The van der Waals surface area contributed by atoms with Crippen LogP contribution in [0.25, 0.3) is 0 Å². The van der Waals surface area contributed by atoms with Crippen molar-refractivity contribution in [3.05, 3.63) is 45.0 Å². The summed E-state index contributed by atoms with van der Waals surface area (Å²) in [5.74, 6) is 0.947. The van der Waals surface area contributed by atoms with Gasteiger partial charge >= 0.3 is 6.03 Å². The smallest absolute Gasteiger partial charge is 0.315 e. The van der Waals surface area contributed by atoms with Crippen molar-refractivity contribution in [3.63, 3.8) is 0 Å². The van der Waals surface area contributed by atoms with Gasteiger partial charge in [-0.3, -0.25) is 0 Å². The fourth-order valence-corrected chi connectivity index (χ4v) is 3.17. The molecule has 0 spiro atoms. The van der Waals surface area contributed by atoms with Gasteiger partial charge in [0.15, 0.2) is 0 Å². The first-order valence-corrected chi connectivity index (χ1v) is 8.10. The van der Waals surface area contributed by atoms with E-state index >= 15 is 0 Å². The predicted octanol–water partition coefficient (Wildman–Crippen LogP) is 3.92. The Morgan fingerprint density at radius 3 is 3.05 bits per heavy atom. The zero-order valence-electron chi connectivity index (χ0n) is 11.2. The minimum Gasteiger partial charge on any atom is -0.469 e. The van der Waals surface area contributed by atoms with E-state index in [1.165, 1.54) is 0 Å². The molecule has 0 aliphatic heterocycles. The highest BCUT2D eigenvalue weighted by atomic mass is 79.9. The van der Waals surface area contributed by atoms with Crippen molar-refractivity contribution >= 4 is 33.3 Å². The van der Waals surface area contributed by atoms with Crippen LogP contribution in [-0.4, -0.2) is 12.1 Å². The predicted molar refractivity (Wildman–Crippen MR) is 83.9 cm³/mol. The number of halogens is 1. The molecule has 1 atom stereocenters. The van der Waals surface area contributed by atoms with Gasteiger partial charge in [0.1, 0.15) is 5.76 Å². The maximum absolute atomic E-state index is 11.7. The Morgan fingerprint density at radius 1 is 1.55 bits per heavy atom. The van der Waals surface area contributed by atoms with Crippen LogP contribution in [0.5, 0.6) is 0 Å². The molecular weight excluding hydrogens is 340 g/mol. The van der Waals surface area contributed by atoms with E-state index in [-0.39, 0.29) is 12.1 Å². The summed E-state index contributed by atoms with van der Waals surface area (Å²) in [4.78, 5) is 12.9. The highest BCUT2D eigenvalue weighted by Gasteiger charge is 2.08. The molecule has 2 rings (SSSR count). The monoisotopic (exact) mass is 356 g/mol. The van der Waals surface area contributed by atoms with Crippen LogP contribution in [0.4, 0.5) is 4.79 Å². The Morgan fingerprint density at radius 2 is 2.40 bits per heavy atom. The van der Waals surface area contributed by atoms with Gasteiger partial charge in [-0.2, -0.15) is 0 Å². The number of hydrogen-bond acceptors (Lipinski definition) is 3. The molecule has 0 aromatic carbocycles. The lowest BCUT2D eigenvalue weighted by molar-refractivity contribution is 0.236. The summed E-state index contributed by atoms with van der Waals surface area (Å²) in [6, 6.07) is 5.79. The zero-order valence-corrected chi connectivity index (χ0v) is 13.6. The number of hydrogen-bond donors (Lipinski definition) is 2. The van der Waals surface area contributed by atoms with E-state index in [0.717, 1.165) is 28.0 Å². The van der Waals surface area contributed by atoms with Gasteiger partial charge in [-0.05, 0) is 47.5 Å². The third kappa shape index (κ3) is 5.02. The van der Waals surface area contributed by atoms with Crippen molar-refractivity contribution in [1.29, 1.82) is 0 Å². The van der Waals surface area contributed by atoms with Gasteiger partial charge in [-0.1, -0.05) is 0 Å². The van der Waals surface area contributed by atoms with E-state index in [1.807, 2.05) is 30.5 Å². The number of carbonyl (C=O) groups excluding carboxylic acids is 1. The Labute approximate surface area is 130 Å². The minimum atomic E-state index is -0.138. The summed E-state index contributed by atoms with van der Waals surface area (Å²) < 4.78 is 6.31. The van der Waals surface area contributed by atoms with Gasteiger partial charge < -0.3 is 15.1 Å². The summed E-state index contributed by atoms with van der Waals surface area (Å²) in [5, 5.41) is 7.77. The van der Waals surface area contributed by atoms with Crippen LogP contribution < -0.4 is 10.6 Å². The van der Waals surface area contributed by atoms with Gasteiger partial charge in [0.25, 0.3) is 0 Å². The topological polar surface area (TPSA) is 54.3 Å². The largest absolute Gasteiger partial charge is 0.469 e. The fourth-order valence-electron chi connectivity index (χ4n) is 1.77. The Bertz CT molecular complexity index is 539. The van der Waals surface area contributed by atoms with E-state index in [4.69, 9.17) is 4.42 Å². The van der Waals surface area contributed by atoms with Crippen LogP contribution in [0.15, 0.2) is 38.7 Å². The minimum absolute atomic E-state index is 0.107. The number of rotatable bonds is 6. The molecule has 108 valence electrons. The van der Waals surface area contributed by atoms with Crippen molar-refractivity contribution in [2.24, 2.45) is 0 Å². The normalized spacial score (nSPS) is 12.1. The summed E-state index contributed by atoms with van der Waals surface area (Å²) in [6.45, 7) is 2.54. The maximum atomic E-state index is 11.7. The number of urea groups is 1. The number of nitrogens with one attached hydrogen (secondary N) is 2. The average molecular weight is 357 g/mol. The third-order valence-electron chi connectivity index (χ3n) is 2.83. The van der Waals surface area contributed by atoms with E-state index in [2.05, 4.69) is 26.6 Å². The number of amides is 2. The lowest BCUT2D eigenvalue weighted by Crippen LogP contribution is -2.40. The van der Waals surface area contributed by atoms with Crippen LogP contribution in [0.3, 0.4) is 0 Å². The van der Waals surface area contributed by atoms with Crippen molar-refractivity contribution < 1.29 is 9.21 Å². The van der Waals surface area contributed by atoms with Crippen molar-refractivity contribution in [2.45, 2.75) is 32.4 Å². The molecule has 2 aromatic rings. The lowest BCUT2D eigenvalue weighted by atomic mass is 10.1. The molecule has 0 aliphatic carbocycles. The van der Waals surface area contributed by atoms with E-state index in [9.17, 15) is 4.79 Å². The quantitative estimate of drug-likeness (QED) is 0.823. The Kier molecular flexibility index (Phi) is 5.67. The van der Waals surface area contributed by atoms with Gasteiger partial charge in [0.2, 0.25) is 0 Å². The van der Waals surface area contributed by atoms with Crippen molar-refractivity contribution in [1.82, 2.24) is 10.6 Å². The lowest BCUT2D eigenvalue weighted by Gasteiger charge is -2.13. The first-order valence-electron chi connectivity index (χ1n) is 6.43. The standard InChI is InChI=1S/C14H17BrN2O2S/c1-10(4-5-12-3-2-6-19-12)17-14(18)16-8-13-7-11(15)9-20-13/h2-3,6-7,9-10H,4-5,8H2,1H3,(H2,16,17,18). The molecule has 0 aliphatic rings. The van der Waals surface area contributed by atoms with Crippen molar-refractivity contribution in [3.8, 4) is 0 Å². The first kappa shape index (κ1) is 15.1. The summed E-state index contributed by atoms with van der Waals surface area (Å²) >= 11 is 5.01. The summed E-state index contributed by atoms with van der Waals surface area (Å²) in [5.41, 5.74) is 0. The molecule has 2 heterocycles. The molecule has 0 saturated carbocycles. The Hall–Kier alpha value is -1.27. The van der Waals surface area contributed by atoms with E-state index in [0.29, 0.717) is 6.54 Å². The number of aryl methyl sites for hydroxylation is 1. The van der Waals surface area contributed by atoms with Crippen LogP contribution in [0.2, 0.25) is 0 Å². The molecule has 20 heavy (non-hydrogen) atoms. The molecule has 2 aromatic heterocycles. The highest BCUT2D eigenvalue weighted by Crippen LogP contribution is 2.19. The molecule has 0 saturated heterocycles. The van der Waals surface area contributed by atoms with Crippen LogP contribution in [0.1, 0.15) is 24.0 Å². The first-order chi connectivity index (χ1) is 9.63. The molecule has 1 unspecified atom stereocenters. The molecule has 0 radical (unpaired) electrons. The molecule has 0 fully saturated rings. The second kappa shape index (κ2) is 7.50. The number of carbonyl (C=O) groups is 1. The van der Waals surface area contributed by atoms with Crippen LogP contribution in [-0.2, 0) is 13.0 Å². The second-order valence-corrected chi connectivity index (χ2v) is 6.49. The number of furan rings is 1. The molecule has 2 N–H and O–H groups in total. The van der Waals surface area contributed by atoms with Gasteiger partial charge in [-0.15, -0.1) is 11.3 Å². The fraction of sp³-hybridized carbons (Fsp3) is 0.357. The SMILES string of the molecule is CC(CCc1ccco1)NC(=O)NCc1cc(Br)cs1. The molecule has 2 amide bonds. The van der Waals surface area contributed by atoms with Gasteiger partial charge in [0.05, 0.1) is 12.8 Å². The van der Waals surface area contributed by atoms with Crippen LogP contribution >= 0.6 is 27.3 Å². The van der Waals surface area contributed by atoms with Gasteiger partial charge in [0, 0.05) is 27.2 Å². The highest BCUT2D eigenvalue weighted by molar-refractivity contribution is 9.10. The number of thiophene rings is 1.